The lowest BCUT2D eigenvalue weighted by atomic mass is 10.3. The lowest BCUT2D eigenvalue weighted by Gasteiger charge is -2.11. The van der Waals surface area contributed by atoms with Crippen molar-refractivity contribution >= 4 is 21.8 Å². The lowest BCUT2D eigenvalue weighted by molar-refractivity contribution is -0.129. The Morgan fingerprint density at radius 3 is 2.18 bits per heavy atom. The minimum Gasteiger partial charge on any atom is -0.493 e. The zero-order valence-corrected chi connectivity index (χ0v) is 16.0. The number of hydrazine groups is 1. The third-order valence-corrected chi connectivity index (χ3v) is 4.94. The number of nitrogens with one attached hydrogen (secondary N) is 3. The molecule has 0 aliphatic carbocycles. The van der Waals surface area contributed by atoms with Crippen LogP contribution < -0.4 is 25.0 Å². The van der Waals surface area contributed by atoms with Gasteiger partial charge in [0.25, 0.3) is 5.91 Å². The standard InChI is InChI=1S/C18H21N3O6S/c1-26-15-9-5-6-10-16(15)27-13-18(23)21-20-17(22)11-12-19-28(24,25)14-7-3-2-4-8-14/h2-10,19H,11-13H2,1H3,(H,20,22)(H,21,23). The molecule has 10 heteroatoms. The van der Waals surface area contributed by atoms with Gasteiger partial charge in [-0.2, -0.15) is 0 Å². The molecule has 2 aromatic carbocycles. The van der Waals surface area contributed by atoms with E-state index in [2.05, 4.69) is 15.6 Å². The number of carbonyl (C=O) groups excluding carboxylic acids is 2. The number of methoxy groups -OCH3 is 1. The van der Waals surface area contributed by atoms with Crippen LogP contribution in [0.2, 0.25) is 0 Å². The third kappa shape index (κ3) is 6.56. The highest BCUT2D eigenvalue weighted by atomic mass is 32.2. The van der Waals surface area contributed by atoms with Gasteiger partial charge in [-0.25, -0.2) is 13.1 Å². The highest BCUT2D eigenvalue weighted by Crippen LogP contribution is 2.25. The summed E-state index contributed by atoms with van der Waals surface area (Å²) in [6.45, 7) is -0.446. The fraction of sp³-hybridized carbons (Fsp3) is 0.222. The average molecular weight is 407 g/mol. The van der Waals surface area contributed by atoms with E-state index < -0.39 is 21.8 Å². The van der Waals surface area contributed by atoms with Gasteiger partial charge in [0, 0.05) is 13.0 Å². The maximum atomic E-state index is 12.0. The minimum absolute atomic E-state index is 0.109. The normalized spacial score (nSPS) is 10.8. The van der Waals surface area contributed by atoms with E-state index >= 15 is 0 Å². The van der Waals surface area contributed by atoms with Gasteiger partial charge in [-0.3, -0.25) is 20.4 Å². The molecule has 0 aromatic heterocycles. The second kappa shape index (κ2) is 10.3. The Bertz CT molecular complexity index is 903. The van der Waals surface area contributed by atoms with Gasteiger partial charge in [-0.05, 0) is 24.3 Å². The number of sulfonamides is 1. The molecule has 0 saturated carbocycles. The molecule has 0 aliphatic heterocycles. The summed E-state index contributed by atoms with van der Waals surface area (Å²) in [4.78, 5) is 23.6. The Morgan fingerprint density at radius 1 is 0.893 bits per heavy atom. The molecule has 3 N–H and O–H groups in total. The number of amides is 2. The van der Waals surface area contributed by atoms with E-state index in [4.69, 9.17) is 9.47 Å². The van der Waals surface area contributed by atoms with Crippen LogP contribution in [-0.2, 0) is 19.6 Å². The molecule has 2 amide bonds. The van der Waals surface area contributed by atoms with Crippen LogP contribution in [0.1, 0.15) is 6.42 Å². The molecule has 150 valence electrons. The molecule has 2 rings (SSSR count). The Balaban J connectivity index is 1.68. The number of benzene rings is 2. The summed E-state index contributed by atoms with van der Waals surface area (Å²) in [5, 5.41) is 0. The van der Waals surface area contributed by atoms with Gasteiger partial charge in [-0.15, -0.1) is 0 Å². The lowest BCUT2D eigenvalue weighted by Crippen LogP contribution is -2.44. The van der Waals surface area contributed by atoms with Crippen LogP contribution in [0.15, 0.2) is 59.5 Å². The number of hydrogen-bond donors (Lipinski definition) is 3. The van der Waals surface area contributed by atoms with Crippen LogP contribution in [0.4, 0.5) is 0 Å². The average Bonchev–Trinajstić information content (AvgIpc) is 2.71. The molecule has 0 saturated heterocycles. The summed E-state index contributed by atoms with van der Waals surface area (Å²) in [7, 11) is -2.20. The van der Waals surface area contributed by atoms with Crippen molar-refractivity contribution in [2.45, 2.75) is 11.3 Å². The van der Waals surface area contributed by atoms with Crippen molar-refractivity contribution in [2.24, 2.45) is 0 Å². The van der Waals surface area contributed by atoms with Crippen LogP contribution in [-0.4, -0.2) is 40.5 Å². The van der Waals surface area contributed by atoms with Crippen LogP contribution in [0, 0.1) is 0 Å². The quantitative estimate of drug-likeness (QED) is 0.523. The molecule has 0 unspecified atom stereocenters. The summed E-state index contributed by atoms with van der Waals surface area (Å²) in [6, 6.07) is 14.6. The largest absolute Gasteiger partial charge is 0.493 e. The van der Waals surface area contributed by atoms with Gasteiger partial charge in [-0.1, -0.05) is 30.3 Å². The second-order valence-corrected chi connectivity index (χ2v) is 7.26. The minimum atomic E-state index is -3.68. The maximum Gasteiger partial charge on any atom is 0.276 e. The number of hydrogen-bond acceptors (Lipinski definition) is 6. The predicted octanol–water partition coefficient (Wildman–Crippen LogP) is 0.590. The molecule has 28 heavy (non-hydrogen) atoms. The van der Waals surface area contributed by atoms with E-state index in [0.29, 0.717) is 11.5 Å². The van der Waals surface area contributed by atoms with Gasteiger partial charge in [0.1, 0.15) is 0 Å². The summed E-state index contributed by atoms with van der Waals surface area (Å²) in [5.74, 6) is -0.266. The summed E-state index contributed by atoms with van der Waals surface area (Å²) >= 11 is 0. The number of ether oxygens (including phenoxy) is 2. The molecular weight excluding hydrogens is 386 g/mol. The number of para-hydroxylation sites is 2. The number of rotatable bonds is 9. The van der Waals surface area contributed by atoms with E-state index in [9.17, 15) is 18.0 Å². The molecule has 2 aromatic rings. The fourth-order valence-electron chi connectivity index (χ4n) is 2.10. The van der Waals surface area contributed by atoms with Gasteiger partial charge >= 0.3 is 0 Å². The molecule has 0 bridgehead atoms. The fourth-order valence-corrected chi connectivity index (χ4v) is 3.15. The van der Waals surface area contributed by atoms with Crippen molar-refractivity contribution in [3.63, 3.8) is 0 Å². The first kappa shape index (κ1) is 21.2. The van der Waals surface area contributed by atoms with Crippen molar-refractivity contribution < 1.29 is 27.5 Å². The molecule has 9 nitrogen and oxygen atoms in total. The van der Waals surface area contributed by atoms with Crippen molar-refractivity contribution in [2.75, 3.05) is 20.3 Å². The van der Waals surface area contributed by atoms with Gasteiger partial charge in [0.05, 0.1) is 12.0 Å². The molecule has 0 fully saturated rings. The topological polar surface area (TPSA) is 123 Å². The van der Waals surface area contributed by atoms with Crippen LogP contribution >= 0.6 is 0 Å². The highest BCUT2D eigenvalue weighted by Gasteiger charge is 2.14. The molecule has 0 aliphatic rings. The summed E-state index contributed by atoms with van der Waals surface area (Å²) in [5.41, 5.74) is 4.38. The van der Waals surface area contributed by atoms with Crippen molar-refractivity contribution in [3.05, 3.63) is 54.6 Å². The van der Waals surface area contributed by atoms with E-state index in [1.165, 1.54) is 19.2 Å². The van der Waals surface area contributed by atoms with Gasteiger partial charge in [0.2, 0.25) is 15.9 Å². The van der Waals surface area contributed by atoms with E-state index in [1.54, 1.807) is 42.5 Å². The van der Waals surface area contributed by atoms with Crippen LogP contribution in [0.5, 0.6) is 11.5 Å². The van der Waals surface area contributed by atoms with Crippen molar-refractivity contribution in [1.82, 2.24) is 15.6 Å². The summed E-state index contributed by atoms with van der Waals surface area (Å²) < 4.78 is 36.8. The zero-order valence-electron chi connectivity index (χ0n) is 15.2. The van der Waals surface area contributed by atoms with Crippen LogP contribution in [0.25, 0.3) is 0 Å². The van der Waals surface area contributed by atoms with Gasteiger partial charge < -0.3 is 9.47 Å². The second-order valence-electron chi connectivity index (χ2n) is 5.50. The Hall–Kier alpha value is -3.11. The zero-order chi connectivity index (χ0) is 20.4. The summed E-state index contributed by atoms with van der Waals surface area (Å²) in [6.07, 6.45) is -0.153. The molecule has 0 radical (unpaired) electrons. The van der Waals surface area contributed by atoms with Crippen LogP contribution in [0.3, 0.4) is 0 Å². The first-order valence-corrected chi connectivity index (χ1v) is 9.79. The first-order valence-electron chi connectivity index (χ1n) is 8.30. The SMILES string of the molecule is COc1ccccc1OCC(=O)NNC(=O)CCNS(=O)(=O)c1ccccc1. The molecule has 0 atom stereocenters. The Kier molecular flexibility index (Phi) is 7.78. The first-order chi connectivity index (χ1) is 13.4. The van der Waals surface area contributed by atoms with E-state index in [1.807, 2.05) is 0 Å². The highest BCUT2D eigenvalue weighted by molar-refractivity contribution is 7.89. The smallest absolute Gasteiger partial charge is 0.276 e. The van der Waals surface area contributed by atoms with Gasteiger partial charge in [0.15, 0.2) is 18.1 Å². The molecule has 0 heterocycles. The third-order valence-electron chi connectivity index (χ3n) is 3.47. The van der Waals surface area contributed by atoms with Crippen molar-refractivity contribution in [1.29, 1.82) is 0 Å². The molecular formula is C18H21N3O6S. The Morgan fingerprint density at radius 2 is 1.50 bits per heavy atom. The van der Waals surface area contributed by atoms with E-state index in [-0.39, 0.29) is 24.5 Å². The maximum absolute atomic E-state index is 12.0. The van der Waals surface area contributed by atoms with Crippen molar-refractivity contribution in [3.8, 4) is 11.5 Å². The predicted molar refractivity (Wildman–Crippen MR) is 101 cm³/mol. The monoisotopic (exact) mass is 407 g/mol. The molecule has 0 spiro atoms. The number of carbonyl (C=O) groups is 2. The van der Waals surface area contributed by atoms with E-state index in [0.717, 1.165) is 0 Å². The Labute approximate surface area is 163 Å².